The van der Waals surface area contributed by atoms with E-state index in [2.05, 4.69) is 53.2 Å². The van der Waals surface area contributed by atoms with E-state index in [0.29, 0.717) is 5.56 Å². The molecule has 0 radical (unpaired) electrons. The van der Waals surface area contributed by atoms with Crippen molar-refractivity contribution in [3.8, 4) is 6.07 Å². The van der Waals surface area contributed by atoms with Crippen molar-refractivity contribution < 1.29 is 0 Å². The largest absolute Gasteiger partial charge is 0.192 e. The number of hydrogen-bond donors (Lipinski definition) is 0. The Morgan fingerprint density at radius 2 is 2.06 bits per heavy atom. The lowest BCUT2D eigenvalue weighted by Gasteiger charge is -2.04. The Bertz CT molecular complexity index is 602. The highest BCUT2D eigenvalue weighted by Gasteiger charge is 2.01. The molecule has 90 valence electrons. The van der Waals surface area contributed by atoms with Crippen LogP contribution in [0.1, 0.15) is 16.7 Å². The van der Waals surface area contributed by atoms with Crippen LogP contribution in [0.2, 0.25) is 0 Å². The Kier molecular flexibility index (Phi) is 4.46. The first kappa shape index (κ1) is 13.2. The smallest absolute Gasteiger partial charge is 0.0992 e. The van der Waals surface area contributed by atoms with Gasteiger partial charge in [0.25, 0.3) is 0 Å². The maximum Gasteiger partial charge on any atom is 0.0992 e. The molecule has 0 heterocycles. The van der Waals surface area contributed by atoms with Crippen molar-refractivity contribution in [2.45, 2.75) is 17.6 Å². The number of aryl methyl sites for hydroxylation is 1. The summed E-state index contributed by atoms with van der Waals surface area (Å²) in [4.78, 5) is 1.11. The van der Waals surface area contributed by atoms with Crippen molar-refractivity contribution in [3.63, 3.8) is 0 Å². The fourth-order valence-electron chi connectivity index (χ4n) is 1.68. The molecule has 0 amide bonds. The zero-order valence-corrected chi connectivity index (χ0v) is 12.4. The van der Waals surface area contributed by atoms with Crippen LogP contribution in [0.5, 0.6) is 0 Å². The second-order valence-corrected chi connectivity index (χ2v) is 6.03. The first-order valence-corrected chi connectivity index (χ1v) is 7.34. The van der Waals surface area contributed by atoms with Gasteiger partial charge in [0.05, 0.1) is 11.6 Å². The van der Waals surface area contributed by atoms with Gasteiger partial charge in [-0.25, -0.2) is 0 Å². The van der Waals surface area contributed by atoms with Gasteiger partial charge in [0.1, 0.15) is 0 Å². The summed E-state index contributed by atoms with van der Waals surface area (Å²) in [7, 11) is 0. The molecule has 0 aliphatic carbocycles. The zero-order chi connectivity index (χ0) is 13.0. The molecular formula is C15H12BrNS. The maximum absolute atomic E-state index is 8.93. The molecule has 0 bridgehead atoms. The predicted molar refractivity (Wildman–Crippen MR) is 79.6 cm³/mol. The summed E-state index contributed by atoms with van der Waals surface area (Å²) >= 11 is 5.17. The summed E-state index contributed by atoms with van der Waals surface area (Å²) in [5.41, 5.74) is 3.27. The Hall–Kier alpha value is -1.24. The quantitative estimate of drug-likeness (QED) is 0.750. The summed E-state index contributed by atoms with van der Waals surface area (Å²) in [6, 6.07) is 16.5. The van der Waals surface area contributed by atoms with Gasteiger partial charge in [-0.3, -0.25) is 0 Å². The molecule has 0 aromatic heterocycles. The van der Waals surface area contributed by atoms with Gasteiger partial charge in [0.2, 0.25) is 0 Å². The Labute approximate surface area is 120 Å². The van der Waals surface area contributed by atoms with Gasteiger partial charge in [-0.05, 0) is 30.7 Å². The number of halogens is 1. The molecule has 0 saturated carbocycles. The molecule has 0 aliphatic heterocycles. The van der Waals surface area contributed by atoms with Crippen molar-refractivity contribution in [1.82, 2.24) is 0 Å². The fraction of sp³-hybridized carbons (Fsp3) is 0.133. The van der Waals surface area contributed by atoms with Gasteiger partial charge in [-0.1, -0.05) is 45.8 Å². The van der Waals surface area contributed by atoms with Crippen LogP contribution in [0, 0.1) is 18.3 Å². The van der Waals surface area contributed by atoms with Crippen LogP contribution in [0.3, 0.4) is 0 Å². The van der Waals surface area contributed by atoms with Crippen molar-refractivity contribution in [3.05, 3.63) is 63.6 Å². The number of nitriles is 1. The van der Waals surface area contributed by atoms with Crippen molar-refractivity contribution >= 4 is 27.7 Å². The van der Waals surface area contributed by atoms with Crippen molar-refractivity contribution in [2.24, 2.45) is 0 Å². The molecule has 0 atom stereocenters. The molecule has 2 rings (SSSR count). The molecule has 0 spiro atoms. The standard InChI is InChI=1S/C15H12BrNS/c1-11-3-2-4-12(5-11)10-18-15-7-13(9-17)6-14(16)8-15/h2-8H,10H2,1H3. The average Bonchev–Trinajstić information content (AvgIpc) is 2.36. The van der Waals surface area contributed by atoms with E-state index in [1.54, 1.807) is 11.8 Å². The highest BCUT2D eigenvalue weighted by atomic mass is 79.9. The highest BCUT2D eigenvalue weighted by molar-refractivity contribution is 9.10. The van der Waals surface area contributed by atoms with Crippen LogP contribution in [0.25, 0.3) is 0 Å². The first-order valence-electron chi connectivity index (χ1n) is 5.56. The summed E-state index contributed by atoms with van der Waals surface area (Å²) < 4.78 is 0.952. The van der Waals surface area contributed by atoms with Crippen molar-refractivity contribution in [1.29, 1.82) is 5.26 Å². The zero-order valence-electron chi connectivity index (χ0n) is 9.98. The minimum atomic E-state index is 0.691. The second-order valence-electron chi connectivity index (χ2n) is 4.07. The molecule has 0 aliphatic rings. The van der Waals surface area contributed by atoms with Crippen LogP contribution in [0.15, 0.2) is 51.8 Å². The van der Waals surface area contributed by atoms with Crippen LogP contribution < -0.4 is 0 Å². The predicted octanol–water partition coefficient (Wildman–Crippen LogP) is 4.92. The van der Waals surface area contributed by atoms with E-state index < -0.39 is 0 Å². The molecular weight excluding hydrogens is 306 g/mol. The van der Waals surface area contributed by atoms with Gasteiger partial charge in [-0.15, -0.1) is 11.8 Å². The van der Waals surface area contributed by atoms with Crippen LogP contribution in [-0.2, 0) is 5.75 Å². The Morgan fingerprint density at radius 3 is 2.78 bits per heavy atom. The van der Waals surface area contributed by atoms with E-state index in [-0.39, 0.29) is 0 Å². The SMILES string of the molecule is Cc1cccc(CSc2cc(Br)cc(C#N)c2)c1. The first-order chi connectivity index (χ1) is 8.67. The Morgan fingerprint density at radius 1 is 1.22 bits per heavy atom. The van der Waals surface area contributed by atoms with Crippen LogP contribution >= 0.6 is 27.7 Å². The molecule has 2 aromatic carbocycles. The average molecular weight is 318 g/mol. The molecule has 0 fully saturated rings. The van der Waals surface area contributed by atoms with E-state index in [4.69, 9.17) is 5.26 Å². The topological polar surface area (TPSA) is 23.8 Å². The molecule has 3 heteroatoms. The molecule has 2 aromatic rings. The third-order valence-corrected chi connectivity index (χ3v) is 3.99. The summed E-state index contributed by atoms with van der Waals surface area (Å²) in [6.45, 7) is 2.10. The van der Waals surface area contributed by atoms with E-state index >= 15 is 0 Å². The normalized spacial score (nSPS) is 10.1. The second kappa shape index (κ2) is 6.08. The number of nitrogens with zero attached hydrogens (tertiary/aromatic N) is 1. The highest BCUT2D eigenvalue weighted by Crippen LogP contribution is 2.27. The van der Waals surface area contributed by atoms with E-state index in [1.165, 1.54) is 11.1 Å². The lowest BCUT2D eigenvalue weighted by molar-refractivity contribution is 1.33. The van der Waals surface area contributed by atoms with Gasteiger partial charge in [0.15, 0.2) is 0 Å². The van der Waals surface area contributed by atoms with E-state index in [0.717, 1.165) is 15.1 Å². The van der Waals surface area contributed by atoms with Gasteiger partial charge >= 0.3 is 0 Å². The molecule has 18 heavy (non-hydrogen) atoms. The van der Waals surface area contributed by atoms with Gasteiger partial charge < -0.3 is 0 Å². The Balaban J connectivity index is 2.11. The monoisotopic (exact) mass is 317 g/mol. The number of benzene rings is 2. The maximum atomic E-state index is 8.93. The third-order valence-electron chi connectivity index (χ3n) is 2.49. The third kappa shape index (κ3) is 3.63. The fourth-order valence-corrected chi connectivity index (χ4v) is 3.26. The van der Waals surface area contributed by atoms with E-state index in [9.17, 15) is 0 Å². The lowest BCUT2D eigenvalue weighted by Crippen LogP contribution is -1.83. The van der Waals surface area contributed by atoms with Gasteiger partial charge in [0, 0.05) is 15.1 Å². The minimum absolute atomic E-state index is 0.691. The van der Waals surface area contributed by atoms with Gasteiger partial charge in [-0.2, -0.15) is 5.26 Å². The summed E-state index contributed by atoms with van der Waals surface area (Å²) in [6.07, 6.45) is 0. The van der Waals surface area contributed by atoms with Crippen LogP contribution in [0.4, 0.5) is 0 Å². The lowest BCUT2D eigenvalue weighted by atomic mass is 10.2. The molecule has 0 N–H and O–H groups in total. The molecule has 0 unspecified atom stereocenters. The minimum Gasteiger partial charge on any atom is -0.192 e. The summed E-state index contributed by atoms with van der Waals surface area (Å²) in [5.74, 6) is 0.920. The summed E-state index contributed by atoms with van der Waals surface area (Å²) in [5, 5.41) is 8.93. The van der Waals surface area contributed by atoms with Crippen LogP contribution in [-0.4, -0.2) is 0 Å². The number of rotatable bonds is 3. The molecule has 1 nitrogen and oxygen atoms in total. The number of thioether (sulfide) groups is 1. The molecule has 0 saturated heterocycles. The van der Waals surface area contributed by atoms with E-state index in [1.807, 2.05) is 18.2 Å². The number of hydrogen-bond acceptors (Lipinski definition) is 2. The van der Waals surface area contributed by atoms with Crippen molar-refractivity contribution in [2.75, 3.05) is 0 Å².